The minimum Gasteiger partial charge on any atom is -0.317 e. The van der Waals surface area contributed by atoms with Crippen molar-refractivity contribution >= 4 is 29.0 Å². The summed E-state index contributed by atoms with van der Waals surface area (Å²) in [6.45, 7) is 12.1. The number of imide groups is 1. The van der Waals surface area contributed by atoms with E-state index in [1.165, 1.54) is 21.7 Å². The van der Waals surface area contributed by atoms with E-state index in [1.807, 2.05) is 19.9 Å². The fraction of sp³-hybridized carbons (Fsp3) is 0.364. The van der Waals surface area contributed by atoms with Crippen molar-refractivity contribution in [3.8, 4) is 5.69 Å². The predicted octanol–water partition coefficient (Wildman–Crippen LogP) is 5.41. The summed E-state index contributed by atoms with van der Waals surface area (Å²) in [6.07, 6.45) is 2.81. The monoisotopic (exact) mass is 382 g/mol. The third kappa shape index (κ3) is 3.36. The Bertz CT molecular complexity index is 953. The number of hydrogen-bond acceptors (Lipinski definition) is 3. The van der Waals surface area contributed by atoms with Crippen LogP contribution in [0.15, 0.2) is 29.2 Å². The highest BCUT2D eigenvalue weighted by atomic mass is 32.2. The van der Waals surface area contributed by atoms with Crippen LogP contribution in [-0.4, -0.2) is 26.7 Å². The Morgan fingerprint density at radius 3 is 2.44 bits per heavy atom. The Kier molecular flexibility index (Phi) is 5.33. The number of carbonyl (C=O) groups excluding carboxylic acids is 2. The number of carbonyl (C=O) groups is 2. The lowest BCUT2D eigenvalue weighted by molar-refractivity contribution is -0.123. The Morgan fingerprint density at radius 1 is 1.15 bits per heavy atom. The highest BCUT2D eigenvalue weighted by Gasteiger charge is 2.36. The summed E-state index contributed by atoms with van der Waals surface area (Å²) < 4.78 is 2.26. The molecule has 1 aliphatic heterocycles. The van der Waals surface area contributed by atoms with Gasteiger partial charge < -0.3 is 4.57 Å². The standard InChI is InChI=1S/C22H26N2O2S/c1-7-17-10-8-9-14(4)20(17)24-15(5)11-18(16(24)6)12-19-21(25)23(13(2)3)22(26)27-19/h8-13H,7H2,1-6H3/b19-12-. The molecule has 142 valence electrons. The van der Waals surface area contributed by atoms with Gasteiger partial charge in [-0.05, 0) is 81.6 Å². The van der Waals surface area contributed by atoms with Crippen LogP contribution in [0.25, 0.3) is 11.8 Å². The minimum absolute atomic E-state index is 0.130. The maximum Gasteiger partial charge on any atom is 0.293 e. The van der Waals surface area contributed by atoms with Crippen molar-refractivity contribution in [2.45, 2.75) is 54.0 Å². The second-order valence-corrected chi connectivity index (χ2v) is 8.24. The SMILES string of the molecule is CCc1cccc(C)c1-n1c(C)cc(/C=C2\SC(=O)N(C(C)C)C2=O)c1C. The first kappa shape index (κ1) is 19.5. The zero-order chi connectivity index (χ0) is 19.9. The number of benzene rings is 1. The molecule has 2 amide bonds. The summed E-state index contributed by atoms with van der Waals surface area (Å²) in [4.78, 5) is 26.6. The van der Waals surface area contributed by atoms with Crippen molar-refractivity contribution in [1.29, 1.82) is 0 Å². The van der Waals surface area contributed by atoms with Crippen molar-refractivity contribution < 1.29 is 9.59 Å². The maximum absolute atomic E-state index is 12.6. The van der Waals surface area contributed by atoms with E-state index in [0.717, 1.165) is 35.1 Å². The summed E-state index contributed by atoms with van der Waals surface area (Å²) in [5.74, 6) is -0.199. The van der Waals surface area contributed by atoms with E-state index in [-0.39, 0.29) is 17.2 Å². The normalized spacial score (nSPS) is 16.3. The molecule has 1 aromatic carbocycles. The molecule has 0 radical (unpaired) electrons. The molecule has 1 aromatic heterocycles. The summed E-state index contributed by atoms with van der Waals surface area (Å²) in [7, 11) is 0. The fourth-order valence-electron chi connectivity index (χ4n) is 3.67. The second-order valence-electron chi connectivity index (χ2n) is 7.24. The van der Waals surface area contributed by atoms with Gasteiger partial charge in [0.15, 0.2) is 0 Å². The van der Waals surface area contributed by atoms with E-state index < -0.39 is 0 Å². The Morgan fingerprint density at radius 2 is 1.85 bits per heavy atom. The van der Waals surface area contributed by atoms with E-state index in [4.69, 9.17) is 0 Å². The first-order valence-electron chi connectivity index (χ1n) is 9.31. The molecule has 2 heterocycles. The molecule has 1 saturated heterocycles. The molecule has 1 fully saturated rings. The third-order valence-corrected chi connectivity index (χ3v) is 5.91. The van der Waals surface area contributed by atoms with Gasteiger partial charge in [0.05, 0.1) is 10.6 Å². The van der Waals surface area contributed by atoms with Crippen LogP contribution in [0, 0.1) is 20.8 Å². The summed E-state index contributed by atoms with van der Waals surface area (Å²) in [5.41, 5.74) is 6.90. The van der Waals surface area contributed by atoms with E-state index in [0.29, 0.717) is 4.91 Å². The Hall–Kier alpha value is -2.27. The van der Waals surface area contributed by atoms with E-state index in [9.17, 15) is 9.59 Å². The molecule has 3 rings (SSSR count). The van der Waals surface area contributed by atoms with Crippen molar-refractivity contribution in [2.75, 3.05) is 0 Å². The number of para-hydroxylation sites is 1. The van der Waals surface area contributed by atoms with Crippen LogP contribution in [0.3, 0.4) is 0 Å². The smallest absolute Gasteiger partial charge is 0.293 e. The third-order valence-electron chi connectivity index (χ3n) is 5.02. The zero-order valence-electron chi connectivity index (χ0n) is 16.8. The van der Waals surface area contributed by atoms with Gasteiger partial charge in [0.1, 0.15) is 0 Å². The first-order valence-corrected chi connectivity index (χ1v) is 10.1. The van der Waals surface area contributed by atoms with Crippen molar-refractivity contribution in [3.63, 3.8) is 0 Å². The van der Waals surface area contributed by atoms with Gasteiger partial charge >= 0.3 is 0 Å². The quantitative estimate of drug-likeness (QED) is 0.664. The van der Waals surface area contributed by atoms with Crippen LogP contribution in [0.4, 0.5) is 4.79 Å². The summed E-state index contributed by atoms with van der Waals surface area (Å²) in [5, 5.41) is -0.192. The Labute approximate surface area is 165 Å². The average molecular weight is 383 g/mol. The molecule has 0 saturated carbocycles. The van der Waals surface area contributed by atoms with Gasteiger partial charge in [-0.1, -0.05) is 25.1 Å². The van der Waals surface area contributed by atoms with E-state index >= 15 is 0 Å². The molecule has 0 bridgehead atoms. The summed E-state index contributed by atoms with van der Waals surface area (Å²) >= 11 is 1.02. The predicted molar refractivity (Wildman–Crippen MR) is 112 cm³/mol. The van der Waals surface area contributed by atoms with Gasteiger partial charge in [0.25, 0.3) is 11.1 Å². The van der Waals surface area contributed by atoms with Gasteiger partial charge in [0.2, 0.25) is 0 Å². The average Bonchev–Trinajstić information content (AvgIpc) is 3.03. The van der Waals surface area contributed by atoms with Crippen LogP contribution in [0.2, 0.25) is 0 Å². The van der Waals surface area contributed by atoms with Crippen LogP contribution in [0.1, 0.15) is 48.8 Å². The number of aryl methyl sites for hydroxylation is 3. The fourth-order valence-corrected chi connectivity index (χ4v) is 4.62. The van der Waals surface area contributed by atoms with Crippen molar-refractivity contribution in [1.82, 2.24) is 9.47 Å². The largest absolute Gasteiger partial charge is 0.317 e. The number of hydrogen-bond donors (Lipinski definition) is 0. The molecule has 4 nitrogen and oxygen atoms in total. The zero-order valence-corrected chi connectivity index (χ0v) is 17.6. The number of amides is 2. The minimum atomic E-state index is -0.199. The topological polar surface area (TPSA) is 42.3 Å². The molecular weight excluding hydrogens is 356 g/mol. The summed E-state index contributed by atoms with van der Waals surface area (Å²) in [6, 6.07) is 8.34. The lowest BCUT2D eigenvalue weighted by atomic mass is 10.1. The first-order chi connectivity index (χ1) is 12.8. The van der Waals surface area contributed by atoms with Gasteiger partial charge in [-0.25, -0.2) is 0 Å². The van der Waals surface area contributed by atoms with Crippen LogP contribution in [0.5, 0.6) is 0 Å². The Balaban J connectivity index is 2.09. The lowest BCUT2D eigenvalue weighted by Gasteiger charge is -2.17. The molecule has 0 N–H and O–H groups in total. The molecule has 27 heavy (non-hydrogen) atoms. The number of nitrogens with zero attached hydrogens (tertiary/aromatic N) is 2. The van der Waals surface area contributed by atoms with Gasteiger partial charge in [-0.2, -0.15) is 0 Å². The van der Waals surface area contributed by atoms with Crippen LogP contribution >= 0.6 is 11.8 Å². The molecule has 2 aromatic rings. The number of thioether (sulfide) groups is 1. The number of aromatic nitrogens is 1. The second kappa shape index (κ2) is 7.39. The highest BCUT2D eigenvalue weighted by molar-refractivity contribution is 8.18. The van der Waals surface area contributed by atoms with E-state index in [1.54, 1.807) is 0 Å². The molecule has 1 aliphatic rings. The molecule has 0 unspecified atom stereocenters. The van der Waals surface area contributed by atoms with Crippen molar-refractivity contribution in [3.05, 3.63) is 57.2 Å². The molecule has 0 spiro atoms. The maximum atomic E-state index is 12.6. The van der Waals surface area contributed by atoms with Gasteiger partial charge in [-0.15, -0.1) is 0 Å². The van der Waals surface area contributed by atoms with Crippen LogP contribution in [-0.2, 0) is 11.2 Å². The highest BCUT2D eigenvalue weighted by Crippen LogP contribution is 2.35. The number of rotatable bonds is 4. The molecule has 5 heteroatoms. The lowest BCUT2D eigenvalue weighted by Crippen LogP contribution is -2.34. The molecule has 0 atom stereocenters. The molecule has 0 aliphatic carbocycles. The molecular formula is C22H26N2O2S. The van der Waals surface area contributed by atoms with Gasteiger partial charge in [0, 0.05) is 17.4 Å². The van der Waals surface area contributed by atoms with Crippen molar-refractivity contribution in [2.24, 2.45) is 0 Å². The van der Waals surface area contributed by atoms with Crippen LogP contribution < -0.4 is 0 Å². The van der Waals surface area contributed by atoms with E-state index in [2.05, 4.69) is 56.5 Å². The van der Waals surface area contributed by atoms with Gasteiger partial charge in [-0.3, -0.25) is 14.5 Å².